The molecular weight excluding hydrogens is 260 g/mol. The van der Waals surface area contributed by atoms with Crippen LogP contribution in [0, 0.1) is 0 Å². The van der Waals surface area contributed by atoms with Gasteiger partial charge in [-0.3, -0.25) is 0 Å². The van der Waals surface area contributed by atoms with Crippen molar-refractivity contribution in [2.45, 2.75) is 52.4 Å². The highest BCUT2D eigenvalue weighted by molar-refractivity contribution is 8.11. The van der Waals surface area contributed by atoms with Gasteiger partial charge in [-0.2, -0.15) is 0 Å². The summed E-state index contributed by atoms with van der Waals surface area (Å²) in [6, 6.07) is 4.02. The summed E-state index contributed by atoms with van der Waals surface area (Å²) in [5.74, 6) is 0.260. The summed E-state index contributed by atoms with van der Waals surface area (Å²) >= 11 is 9.33. The lowest BCUT2D eigenvalue weighted by molar-refractivity contribution is 0.444. The molecule has 0 saturated carbocycles. The summed E-state index contributed by atoms with van der Waals surface area (Å²) in [7, 11) is 0. The largest absolute Gasteiger partial charge is 0.507 e. The Hall–Kier alpha value is -0.540. The second-order valence-electron chi connectivity index (χ2n) is 6.73. The maximum atomic E-state index is 10.3. The molecule has 0 spiro atoms. The molecule has 0 aromatic heterocycles. The molecule has 0 fully saturated rings. The average Bonchev–Trinajstić information content (AvgIpc) is 2.13. The van der Waals surface area contributed by atoms with Crippen molar-refractivity contribution >= 4 is 29.0 Å². The van der Waals surface area contributed by atoms with Crippen molar-refractivity contribution in [3.63, 3.8) is 0 Å². The first-order chi connectivity index (χ1) is 7.94. The molecule has 0 aliphatic heterocycles. The second kappa shape index (κ2) is 4.86. The number of benzene rings is 1. The fourth-order valence-corrected chi connectivity index (χ4v) is 2.13. The van der Waals surface area contributed by atoms with Crippen LogP contribution in [0.15, 0.2) is 12.1 Å². The Balaban J connectivity index is 3.63. The minimum absolute atomic E-state index is 0.0149. The third-order valence-corrected chi connectivity index (χ3v) is 3.48. The molecule has 1 aromatic carbocycles. The van der Waals surface area contributed by atoms with Crippen LogP contribution in [0.3, 0.4) is 0 Å². The average molecular weight is 282 g/mol. The fourth-order valence-electron chi connectivity index (χ4n) is 1.80. The first kappa shape index (κ1) is 15.5. The van der Waals surface area contributed by atoms with Crippen molar-refractivity contribution in [3.8, 4) is 5.75 Å². The van der Waals surface area contributed by atoms with Gasteiger partial charge in [-0.25, -0.2) is 0 Å². The molecule has 0 radical (unpaired) electrons. The maximum absolute atomic E-state index is 10.3. The standard InChI is InChI=1S/C15H22OS2/c1-14(2,3)9-7-10(13(17)18)12(16)11(8-9)15(4,5)6/h7-8,16H,1-6H3,(H,17,18). The molecule has 3 heteroatoms. The van der Waals surface area contributed by atoms with Gasteiger partial charge in [0.1, 0.15) is 5.75 Å². The summed E-state index contributed by atoms with van der Waals surface area (Å²) in [6.45, 7) is 12.7. The first-order valence-electron chi connectivity index (χ1n) is 6.06. The van der Waals surface area contributed by atoms with Gasteiger partial charge in [0.2, 0.25) is 0 Å². The molecule has 0 amide bonds. The van der Waals surface area contributed by atoms with Gasteiger partial charge in [0, 0.05) is 11.1 Å². The third-order valence-electron chi connectivity index (χ3n) is 3.01. The van der Waals surface area contributed by atoms with Gasteiger partial charge < -0.3 is 5.11 Å². The predicted molar refractivity (Wildman–Crippen MR) is 86.2 cm³/mol. The van der Waals surface area contributed by atoms with Crippen LogP contribution in [-0.2, 0) is 10.8 Å². The molecule has 0 bridgehead atoms. The van der Waals surface area contributed by atoms with E-state index in [1.807, 2.05) is 6.07 Å². The van der Waals surface area contributed by atoms with E-state index in [-0.39, 0.29) is 16.6 Å². The molecule has 1 N–H and O–H groups in total. The SMILES string of the molecule is CC(C)(C)c1cc(C(=S)S)c(O)c(C(C)(C)C)c1. The monoisotopic (exact) mass is 282 g/mol. The fraction of sp³-hybridized carbons (Fsp3) is 0.533. The second-order valence-corrected chi connectivity index (χ2v) is 7.88. The van der Waals surface area contributed by atoms with Gasteiger partial charge in [0.05, 0.1) is 4.20 Å². The van der Waals surface area contributed by atoms with Gasteiger partial charge >= 0.3 is 0 Å². The number of hydrogen-bond donors (Lipinski definition) is 2. The van der Waals surface area contributed by atoms with Gasteiger partial charge in [0.25, 0.3) is 0 Å². The predicted octanol–water partition coefficient (Wildman–Crippen LogP) is 4.59. The molecule has 0 saturated heterocycles. The summed E-state index contributed by atoms with van der Waals surface area (Å²) in [5.41, 5.74) is 2.63. The van der Waals surface area contributed by atoms with Gasteiger partial charge in [0.15, 0.2) is 0 Å². The van der Waals surface area contributed by atoms with E-state index in [0.29, 0.717) is 9.76 Å². The molecule has 1 aromatic rings. The Morgan fingerprint density at radius 2 is 1.56 bits per heavy atom. The molecule has 0 aliphatic carbocycles. The molecule has 1 rings (SSSR count). The number of phenolic OH excluding ortho intramolecular Hbond substituents is 1. The minimum Gasteiger partial charge on any atom is -0.507 e. The highest BCUT2D eigenvalue weighted by atomic mass is 32.1. The quantitative estimate of drug-likeness (QED) is 0.580. The molecule has 0 atom stereocenters. The van der Waals surface area contributed by atoms with Crippen molar-refractivity contribution in [3.05, 3.63) is 28.8 Å². The highest BCUT2D eigenvalue weighted by Crippen LogP contribution is 2.38. The van der Waals surface area contributed by atoms with Crippen molar-refractivity contribution in [2.24, 2.45) is 0 Å². The van der Waals surface area contributed by atoms with Crippen molar-refractivity contribution in [1.29, 1.82) is 0 Å². The normalized spacial score (nSPS) is 12.6. The topological polar surface area (TPSA) is 20.2 Å². The summed E-state index contributed by atoms with van der Waals surface area (Å²) in [6.07, 6.45) is 0. The van der Waals surface area contributed by atoms with E-state index in [0.717, 1.165) is 11.1 Å². The van der Waals surface area contributed by atoms with Crippen molar-refractivity contribution < 1.29 is 5.11 Å². The van der Waals surface area contributed by atoms with E-state index in [4.69, 9.17) is 12.2 Å². The highest BCUT2D eigenvalue weighted by Gasteiger charge is 2.25. The Kier molecular flexibility index (Phi) is 4.19. The Bertz CT molecular complexity index is 476. The van der Waals surface area contributed by atoms with Crippen LogP contribution in [0.2, 0.25) is 0 Å². The number of thiol groups is 1. The Morgan fingerprint density at radius 3 is 1.89 bits per heavy atom. The molecule has 0 aliphatic rings. The zero-order valence-electron chi connectivity index (χ0n) is 12.0. The third kappa shape index (κ3) is 3.27. The molecule has 18 heavy (non-hydrogen) atoms. The van der Waals surface area contributed by atoms with Crippen LogP contribution in [0.5, 0.6) is 5.75 Å². The van der Waals surface area contributed by atoms with Crippen molar-refractivity contribution in [2.75, 3.05) is 0 Å². The van der Waals surface area contributed by atoms with Crippen LogP contribution in [0.1, 0.15) is 58.2 Å². The molecule has 100 valence electrons. The number of rotatable bonds is 1. The van der Waals surface area contributed by atoms with Gasteiger partial charge in [-0.15, -0.1) is 12.6 Å². The summed E-state index contributed by atoms with van der Waals surface area (Å²) in [5, 5.41) is 10.3. The Labute approximate surface area is 121 Å². The number of thiocarbonyl (C=S) groups is 1. The Morgan fingerprint density at radius 1 is 1.06 bits per heavy atom. The smallest absolute Gasteiger partial charge is 0.128 e. The van der Waals surface area contributed by atoms with Crippen LogP contribution in [0.4, 0.5) is 0 Å². The zero-order chi connectivity index (χ0) is 14.3. The van der Waals surface area contributed by atoms with Crippen LogP contribution in [0.25, 0.3) is 0 Å². The first-order valence-corrected chi connectivity index (χ1v) is 6.91. The maximum Gasteiger partial charge on any atom is 0.128 e. The van der Waals surface area contributed by atoms with Crippen LogP contribution >= 0.6 is 24.8 Å². The minimum atomic E-state index is -0.126. The van der Waals surface area contributed by atoms with E-state index in [1.165, 1.54) is 0 Å². The van der Waals surface area contributed by atoms with Gasteiger partial charge in [-0.05, 0) is 22.5 Å². The number of hydrogen-bond acceptors (Lipinski definition) is 2. The van der Waals surface area contributed by atoms with E-state index in [2.05, 4.69) is 60.2 Å². The number of phenols is 1. The van der Waals surface area contributed by atoms with E-state index in [9.17, 15) is 5.11 Å². The summed E-state index contributed by atoms with van der Waals surface area (Å²) < 4.78 is 0.434. The van der Waals surface area contributed by atoms with E-state index >= 15 is 0 Å². The molecule has 0 unspecified atom stereocenters. The number of aromatic hydroxyl groups is 1. The molecule has 0 heterocycles. The van der Waals surface area contributed by atoms with E-state index < -0.39 is 0 Å². The lowest BCUT2D eigenvalue weighted by atomic mass is 9.79. The molecular formula is C15H22OS2. The lowest BCUT2D eigenvalue weighted by Gasteiger charge is -2.27. The molecule has 1 nitrogen and oxygen atoms in total. The van der Waals surface area contributed by atoms with Crippen LogP contribution < -0.4 is 0 Å². The lowest BCUT2D eigenvalue weighted by Crippen LogP contribution is -2.17. The van der Waals surface area contributed by atoms with Crippen molar-refractivity contribution in [1.82, 2.24) is 0 Å². The van der Waals surface area contributed by atoms with E-state index in [1.54, 1.807) is 0 Å². The van der Waals surface area contributed by atoms with Crippen LogP contribution in [-0.4, -0.2) is 9.30 Å². The summed E-state index contributed by atoms with van der Waals surface area (Å²) in [4.78, 5) is 0. The van der Waals surface area contributed by atoms with Gasteiger partial charge in [-0.1, -0.05) is 59.8 Å². The zero-order valence-corrected chi connectivity index (χ0v) is 13.7.